The third kappa shape index (κ3) is 4.40. The molecule has 0 aromatic carbocycles. The monoisotopic (exact) mass is 451 g/mol. The van der Waals surface area contributed by atoms with E-state index in [9.17, 15) is 26.9 Å². The summed E-state index contributed by atoms with van der Waals surface area (Å²) >= 11 is 0. The van der Waals surface area contributed by atoms with Crippen molar-refractivity contribution in [2.45, 2.75) is 50.9 Å². The standard InChI is InChI=1S/C20H20F3N5O2S/c1-4-7-28-18(16(9-24)15-8-12(2)10-26-19(15)28)17-6-5-14(11-25-17)31(29,30)27-13(3)20(21,22)23/h5-6,8,10-11,13,27H,4,7H2,1-3H3. The van der Waals surface area contributed by atoms with Crippen LogP contribution in [0.5, 0.6) is 0 Å². The summed E-state index contributed by atoms with van der Waals surface area (Å²) in [5.74, 6) is 0. The lowest BCUT2D eigenvalue weighted by molar-refractivity contribution is -0.147. The predicted octanol–water partition coefficient (Wildman–Crippen LogP) is 3.92. The molecule has 0 fully saturated rings. The highest BCUT2D eigenvalue weighted by molar-refractivity contribution is 7.89. The topological polar surface area (TPSA) is 101 Å². The molecule has 11 heteroatoms. The summed E-state index contributed by atoms with van der Waals surface area (Å²) < 4.78 is 66.2. The molecule has 1 N–H and O–H groups in total. The number of alkyl halides is 3. The van der Waals surface area contributed by atoms with E-state index >= 15 is 0 Å². The Hall–Kier alpha value is -2.97. The van der Waals surface area contributed by atoms with Crippen molar-refractivity contribution in [3.8, 4) is 17.5 Å². The smallest absolute Gasteiger partial charge is 0.323 e. The molecule has 0 saturated heterocycles. The molecule has 164 valence electrons. The number of pyridine rings is 2. The Morgan fingerprint density at radius 3 is 2.52 bits per heavy atom. The number of halogens is 3. The van der Waals surface area contributed by atoms with Crippen molar-refractivity contribution in [1.29, 1.82) is 5.26 Å². The molecule has 3 aromatic heterocycles. The van der Waals surface area contributed by atoms with Crippen LogP contribution in [-0.4, -0.2) is 35.2 Å². The fourth-order valence-corrected chi connectivity index (χ4v) is 4.37. The van der Waals surface area contributed by atoms with Gasteiger partial charge in [-0.05, 0) is 44.0 Å². The molecule has 0 spiro atoms. The van der Waals surface area contributed by atoms with Gasteiger partial charge in [-0.1, -0.05) is 6.92 Å². The maximum absolute atomic E-state index is 12.7. The lowest BCUT2D eigenvalue weighted by Crippen LogP contribution is -2.42. The first-order valence-corrected chi connectivity index (χ1v) is 10.9. The number of nitrogens with zero attached hydrogens (tertiary/aromatic N) is 4. The highest BCUT2D eigenvalue weighted by atomic mass is 32.2. The van der Waals surface area contributed by atoms with Gasteiger partial charge in [0.1, 0.15) is 22.7 Å². The normalized spacial score (nSPS) is 13.3. The molecule has 0 aliphatic heterocycles. The second-order valence-corrected chi connectivity index (χ2v) is 8.85. The van der Waals surface area contributed by atoms with Crippen molar-refractivity contribution in [2.24, 2.45) is 0 Å². The Morgan fingerprint density at radius 1 is 1.26 bits per heavy atom. The quantitative estimate of drug-likeness (QED) is 0.612. The first-order chi connectivity index (χ1) is 14.5. The van der Waals surface area contributed by atoms with Gasteiger partial charge in [-0.25, -0.2) is 13.4 Å². The Bertz CT molecular complexity index is 1260. The van der Waals surface area contributed by atoms with Crippen LogP contribution in [-0.2, 0) is 16.6 Å². The van der Waals surface area contributed by atoms with Crippen molar-refractivity contribution in [3.05, 3.63) is 41.7 Å². The van der Waals surface area contributed by atoms with Crippen LogP contribution in [0.2, 0.25) is 0 Å². The zero-order chi connectivity index (χ0) is 23.0. The van der Waals surface area contributed by atoms with E-state index in [1.807, 2.05) is 24.5 Å². The van der Waals surface area contributed by atoms with Gasteiger partial charge in [0.2, 0.25) is 10.0 Å². The fraction of sp³-hybridized carbons (Fsp3) is 0.350. The van der Waals surface area contributed by atoms with E-state index in [0.717, 1.165) is 25.1 Å². The van der Waals surface area contributed by atoms with Gasteiger partial charge in [0.05, 0.1) is 17.0 Å². The highest BCUT2D eigenvalue weighted by Gasteiger charge is 2.39. The summed E-state index contributed by atoms with van der Waals surface area (Å²) in [5.41, 5.74) is 2.65. The van der Waals surface area contributed by atoms with Gasteiger partial charge < -0.3 is 4.57 Å². The first-order valence-electron chi connectivity index (χ1n) is 9.44. The Balaban J connectivity index is 2.09. The van der Waals surface area contributed by atoms with E-state index in [0.29, 0.717) is 34.5 Å². The average molecular weight is 451 g/mol. The van der Waals surface area contributed by atoms with E-state index in [2.05, 4.69) is 16.0 Å². The van der Waals surface area contributed by atoms with Crippen LogP contribution < -0.4 is 4.72 Å². The molecule has 3 aromatic rings. The van der Waals surface area contributed by atoms with Crippen LogP contribution in [0.3, 0.4) is 0 Å². The molecule has 0 aliphatic rings. The van der Waals surface area contributed by atoms with Crippen molar-refractivity contribution in [3.63, 3.8) is 0 Å². The van der Waals surface area contributed by atoms with Crippen LogP contribution in [0.25, 0.3) is 22.4 Å². The van der Waals surface area contributed by atoms with E-state index in [-0.39, 0.29) is 0 Å². The lowest BCUT2D eigenvalue weighted by atomic mass is 10.1. The minimum atomic E-state index is -4.71. The number of aryl methyl sites for hydroxylation is 2. The number of nitrogens with one attached hydrogen (secondary N) is 1. The summed E-state index contributed by atoms with van der Waals surface area (Å²) in [6.07, 6.45) is -1.29. The maximum Gasteiger partial charge on any atom is 0.404 e. The van der Waals surface area contributed by atoms with Gasteiger partial charge in [0, 0.05) is 24.3 Å². The van der Waals surface area contributed by atoms with Crippen LogP contribution in [0.1, 0.15) is 31.4 Å². The Morgan fingerprint density at radius 2 is 1.97 bits per heavy atom. The summed E-state index contributed by atoms with van der Waals surface area (Å²) in [5, 5.41) is 10.4. The molecule has 0 radical (unpaired) electrons. The van der Waals surface area contributed by atoms with Gasteiger partial charge in [0.15, 0.2) is 0 Å². The number of fused-ring (bicyclic) bond motifs is 1. The summed E-state index contributed by atoms with van der Waals surface area (Å²) in [6.45, 7) is 5.09. The summed E-state index contributed by atoms with van der Waals surface area (Å²) in [4.78, 5) is 8.19. The van der Waals surface area contributed by atoms with Crippen molar-refractivity contribution in [2.75, 3.05) is 0 Å². The molecular formula is C20H20F3N5O2S. The zero-order valence-electron chi connectivity index (χ0n) is 17.0. The number of aromatic nitrogens is 3. The largest absolute Gasteiger partial charge is 0.404 e. The molecule has 1 atom stereocenters. The van der Waals surface area contributed by atoms with E-state index in [1.54, 1.807) is 10.9 Å². The minimum absolute atomic E-state index is 0.323. The molecule has 0 saturated carbocycles. The van der Waals surface area contributed by atoms with Gasteiger partial charge in [0.25, 0.3) is 0 Å². The Labute approximate surface area is 177 Å². The highest BCUT2D eigenvalue weighted by Crippen LogP contribution is 2.32. The zero-order valence-corrected chi connectivity index (χ0v) is 17.8. The third-order valence-corrected chi connectivity index (χ3v) is 6.23. The number of sulfonamides is 1. The van der Waals surface area contributed by atoms with Crippen LogP contribution in [0.4, 0.5) is 13.2 Å². The second kappa shape index (κ2) is 8.28. The molecule has 1 unspecified atom stereocenters. The number of nitriles is 1. The third-order valence-electron chi connectivity index (χ3n) is 4.71. The predicted molar refractivity (Wildman–Crippen MR) is 109 cm³/mol. The molecule has 3 rings (SSSR count). The van der Waals surface area contributed by atoms with Crippen LogP contribution in [0, 0.1) is 18.3 Å². The van der Waals surface area contributed by atoms with Crippen molar-refractivity contribution < 1.29 is 21.6 Å². The van der Waals surface area contributed by atoms with Gasteiger partial charge in [-0.3, -0.25) is 4.98 Å². The molecule has 3 heterocycles. The molecule has 31 heavy (non-hydrogen) atoms. The lowest BCUT2D eigenvalue weighted by Gasteiger charge is -2.17. The van der Waals surface area contributed by atoms with Crippen LogP contribution >= 0.6 is 0 Å². The van der Waals surface area contributed by atoms with Gasteiger partial charge in [-0.15, -0.1) is 0 Å². The Kier molecular flexibility index (Phi) is 6.07. The number of hydrogen-bond donors (Lipinski definition) is 1. The SMILES string of the molecule is CCCn1c(-c2ccc(S(=O)(=O)NC(C)C(F)(F)F)cn2)c(C#N)c2cc(C)cnc21. The summed E-state index contributed by atoms with van der Waals surface area (Å²) in [7, 11) is -4.42. The number of hydrogen-bond acceptors (Lipinski definition) is 5. The van der Waals surface area contributed by atoms with Gasteiger partial charge >= 0.3 is 6.18 Å². The number of rotatable bonds is 6. The van der Waals surface area contributed by atoms with Crippen LogP contribution in [0.15, 0.2) is 35.5 Å². The molecule has 0 aliphatic carbocycles. The van der Waals surface area contributed by atoms with Crippen molar-refractivity contribution >= 4 is 21.1 Å². The summed E-state index contributed by atoms with van der Waals surface area (Å²) in [6, 6.07) is 4.32. The van der Waals surface area contributed by atoms with Gasteiger partial charge in [-0.2, -0.15) is 23.2 Å². The second-order valence-electron chi connectivity index (χ2n) is 7.13. The fourth-order valence-electron chi connectivity index (χ4n) is 3.20. The molecule has 7 nitrogen and oxygen atoms in total. The molecular weight excluding hydrogens is 431 g/mol. The average Bonchev–Trinajstić information content (AvgIpc) is 3.00. The van der Waals surface area contributed by atoms with E-state index in [4.69, 9.17) is 0 Å². The minimum Gasteiger partial charge on any atom is -0.323 e. The maximum atomic E-state index is 12.7. The molecule has 0 bridgehead atoms. The first kappa shape index (κ1) is 22.7. The van der Waals surface area contributed by atoms with E-state index in [1.165, 1.54) is 12.1 Å². The molecule has 0 amide bonds. The van der Waals surface area contributed by atoms with E-state index < -0.39 is 27.1 Å². The van der Waals surface area contributed by atoms with Crippen molar-refractivity contribution in [1.82, 2.24) is 19.3 Å².